The number of anilines is 1. The van der Waals surface area contributed by atoms with Crippen molar-refractivity contribution in [2.24, 2.45) is 14.1 Å². The number of fused-ring (bicyclic) bond motifs is 1. The van der Waals surface area contributed by atoms with Gasteiger partial charge >= 0.3 is 5.69 Å². The molecule has 3 rings (SSSR count). The minimum absolute atomic E-state index is 0.0148. The molecule has 1 amide bonds. The summed E-state index contributed by atoms with van der Waals surface area (Å²) in [5, 5.41) is 0. The van der Waals surface area contributed by atoms with Crippen molar-refractivity contribution in [3.05, 3.63) is 58.5 Å². The second kappa shape index (κ2) is 7.40. The molecule has 1 aromatic heterocycles. The van der Waals surface area contributed by atoms with Crippen molar-refractivity contribution in [1.82, 2.24) is 14.0 Å². The van der Waals surface area contributed by atoms with E-state index >= 15 is 0 Å². The Kier molecular flexibility index (Phi) is 5.27. The van der Waals surface area contributed by atoms with E-state index in [1.807, 2.05) is 6.07 Å². The fourth-order valence-corrected chi connectivity index (χ4v) is 4.68. The lowest BCUT2D eigenvalue weighted by Crippen LogP contribution is -2.40. The van der Waals surface area contributed by atoms with E-state index < -0.39 is 10.0 Å². The summed E-state index contributed by atoms with van der Waals surface area (Å²) in [5.41, 5.74) is 2.05. The van der Waals surface area contributed by atoms with Crippen LogP contribution in [0.15, 0.2) is 52.2 Å². The van der Waals surface area contributed by atoms with Crippen molar-refractivity contribution in [2.45, 2.75) is 11.8 Å². The number of benzene rings is 2. The van der Waals surface area contributed by atoms with Gasteiger partial charge in [0.2, 0.25) is 5.91 Å². The molecule has 0 radical (unpaired) electrons. The number of rotatable bonds is 5. The molecular formula is C20H24N4O4S. The first-order valence-corrected chi connectivity index (χ1v) is 10.4. The number of aryl methyl sites for hydroxylation is 3. The van der Waals surface area contributed by atoms with Crippen molar-refractivity contribution in [1.29, 1.82) is 0 Å². The van der Waals surface area contributed by atoms with Crippen LogP contribution in [0.2, 0.25) is 0 Å². The third-order valence-corrected chi connectivity index (χ3v) is 6.75. The highest BCUT2D eigenvalue weighted by molar-refractivity contribution is 7.92. The molecule has 0 aliphatic carbocycles. The fourth-order valence-electron chi connectivity index (χ4n) is 3.18. The van der Waals surface area contributed by atoms with Crippen LogP contribution in [0.5, 0.6) is 0 Å². The summed E-state index contributed by atoms with van der Waals surface area (Å²) in [6.45, 7) is 1.47. The van der Waals surface area contributed by atoms with Gasteiger partial charge in [-0.3, -0.25) is 18.2 Å². The van der Waals surface area contributed by atoms with Gasteiger partial charge in [0.25, 0.3) is 10.0 Å². The molecule has 3 aromatic rings. The molecule has 9 heteroatoms. The van der Waals surface area contributed by atoms with Crippen LogP contribution in [0.3, 0.4) is 0 Å². The Morgan fingerprint density at radius 2 is 1.62 bits per heavy atom. The third-order valence-electron chi connectivity index (χ3n) is 4.99. The minimum Gasteiger partial charge on any atom is -0.347 e. The first-order chi connectivity index (χ1) is 13.6. The van der Waals surface area contributed by atoms with Crippen LogP contribution in [0.25, 0.3) is 11.0 Å². The Hall–Kier alpha value is -3.07. The van der Waals surface area contributed by atoms with Crippen LogP contribution < -0.4 is 9.99 Å². The second-order valence-electron chi connectivity index (χ2n) is 7.14. The number of nitrogens with zero attached hydrogens (tertiary/aromatic N) is 4. The first kappa shape index (κ1) is 20.7. The summed E-state index contributed by atoms with van der Waals surface area (Å²) in [6.07, 6.45) is 0. The number of hydrogen-bond donors (Lipinski definition) is 0. The van der Waals surface area contributed by atoms with E-state index in [-0.39, 0.29) is 23.0 Å². The fraction of sp³-hybridized carbons (Fsp3) is 0.300. The predicted molar refractivity (Wildman–Crippen MR) is 113 cm³/mol. The van der Waals surface area contributed by atoms with E-state index in [0.717, 1.165) is 9.87 Å². The smallest absolute Gasteiger partial charge is 0.328 e. The van der Waals surface area contributed by atoms with Gasteiger partial charge in [0, 0.05) is 28.2 Å². The van der Waals surface area contributed by atoms with Gasteiger partial charge in [-0.2, -0.15) is 0 Å². The lowest BCUT2D eigenvalue weighted by Gasteiger charge is -2.26. The van der Waals surface area contributed by atoms with E-state index in [9.17, 15) is 18.0 Å². The molecule has 154 valence electrons. The number of amides is 1. The number of likely N-dealkylation sites (N-methyl/N-ethyl adjacent to an activating group) is 1. The third kappa shape index (κ3) is 3.53. The topological polar surface area (TPSA) is 84.6 Å². The van der Waals surface area contributed by atoms with Crippen molar-refractivity contribution in [3.8, 4) is 0 Å². The molecule has 0 saturated carbocycles. The number of para-hydroxylation sites is 1. The Morgan fingerprint density at radius 1 is 1.00 bits per heavy atom. The van der Waals surface area contributed by atoms with Crippen LogP contribution in [0, 0.1) is 6.92 Å². The van der Waals surface area contributed by atoms with Gasteiger partial charge < -0.3 is 4.90 Å². The van der Waals surface area contributed by atoms with Crippen LogP contribution in [0.1, 0.15) is 5.56 Å². The molecule has 0 atom stereocenters. The summed E-state index contributed by atoms with van der Waals surface area (Å²) in [4.78, 5) is 26.0. The lowest BCUT2D eigenvalue weighted by atomic mass is 10.2. The van der Waals surface area contributed by atoms with E-state index in [4.69, 9.17) is 0 Å². The van der Waals surface area contributed by atoms with E-state index in [2.05, 4.69) is 0 Å². The van der Waals surface area contributed by atoms with E-state index in [1.54, 1.807) is 59.4 Å². The molecule has 2 aromatic carbocycles. The average Bonchev–Trinajstić information content (AvgIpc) is 2.90. The predicted octanol–water partition coefficient (Wildman–Crippen LogP) is 1.47. The summed E-state index contributed by atoms with van der Waals surface area (Å²) in [6, 6.07) is 11.5. The molecule has 0 aliphatic heterocycles. The van der Waals surface area contributed by atoms with Gasteiger partial charge in [0.1, 0.15) is 6.54 Å². The molecule has 29 heavy (non-hydrogen) atoms. The average molecular weight is 417 g/mol. The molecule has 0 aliphatic rings. The standard InChI is InChI=1S/C20H24N4O4S/c1-14-8-6-7-9-16(14)24(13-19(25)21(2)3)29(27,28)15-10-11-17-18(12-15)23(5)20(26)22(17)4/h6-12H,13H2,1-5H3. The summed E-state index contributed by atoms with van der Waals surface area (Å²) in [7, 11) is 2.33. The lowest BCUT2D eigenvalue weighted by molar-refractivity contribution is -0.127. The van der Waals surface area contributed by atoms with Crippen LogP contribution in [0.4, 0.5) is 5.69 Å². The molecule has 0 N–H and O–H groups in total. The summed E-state index contributed by atoms with van der Waals surface area (Å²) in [5.74, 6) is -0.343. The van der Waals surface area contributed by atoms with E-state index in [1.165, 1.54) is 26.2 Å². The van der Waals surface area contributed by atoms with Crippen LogP contribution in [-0.4, -0.2) is 49.0 Å². The van der Waals surface area contributed by atoms with Gasteiger partial charge in [0.15, 0.2) is 0 Å². The number of imidazole rings is 1. The van der Waals surface area contributed by atoms with Crippen molar-refractivity contribution in [3.63, 3.8) is 0 Å². The highest BCUT2D eigenvalue weighted by Crippen LogP contribution is 2.28. The molecule has 0 bridgehead atoms. The Labute approximate surface area is 169 Å². The first-order valence-electron chi connectivity index (χ1n) is 8.99. The largest absolute Gasteiger partial charge is 0.347 e. The molecule has 1 heterocycles. The minimum atomic E-state index is -4.06. The molecule has 0 spiro atoms. The van der Waals surface area contributed by atoms with Crippen LogP contribution >= 0.6 is 0 Å². The maximum Gasteiger partial charge on any atom is 0.328 e. The maximum atomic E-state index is 13.6. The van der Waals surface area contributed by atoms with E-state index in [0.29, 0.717) is 16.7 Å². The SMILES string of the molecule is Cc1ccccc1N(CC(=O)N(C)C)S(=O)(=O)c1ccc2c(c1)n(C)c(=O)n2C. The van der Waals surface area contributed by atoms with Gasteiger partial charge in [-0.25, -0.2) is 13.2 Å². The normalized spacial score (nSPS) is 11.6. The van der Waals surface area contributed by atoms with Gasteiger partial charge in [0.05, 0.1) is 21.6 Å². The Balaban J connectivity index is 2.20. The zero-order chi connectivity index (χ0) is 21.5. The molecule has 0 saturated heterocycles. The summed E-state index contributed by atoms with van der Waals surface area (Å²) < 4.78 is 31.1. The second-order valence-corrected chi connectivity index (χ2v) is 9.00. The molecular weight excluding hydrogens is 392 g/mol. The van der Waals surface area contributed by atoms with Gasteiger partial charge in [-0.1, -0.05) is 18.2 Å². The van der Waals surface area contributed by atoms with Gasteiger partial charge in [-0.05, 0) is 36.8 Å². The number of carbonyl (C=O) groups excluding carboxylic acids is 1. The zero-order valence-corrected chi connectivity index (χ0v) is 17.9. The molecule has 0 fully saturated rings. The summed E-state index contributed by atoms with van der Waals surface area (Å²) >= 11 is 0. The van der Waals surface area contributed by atoms with Crippen LogP contribution in [-0.2, 0) is 28.9 Å². The highest BCUT2D eigenvalue weighted by atomic mass is 32.2. The maximum absolute atomic E-state index is 13.6. The van der Waals surface area contributed by atoms with Crippen molar-refractivity contribution < 1.29 is 13.2 Å². The number of sulfonamides is 1. The van der Waals surface area contributed by atoms with Crippen molar-refractivity contribution in [2.75, 3.05) is 24.9 Å². The highest BCUT2D eigenvalue weighted by Gasteiger charge is 2.29. The monoisotopic (exact) mass is 416 g/mol. The Morgan fingerprint density at radius 3 is 2.24 bits per heavy atom. The molecule has 0 unspecified atom stereocenters. The molecule has 8 nitrogen and oxygen atoms in total. The number of carbonyl (C=O) groups is 1. The number of aromatic nitrogens is 2. The van der Waals surface area contributed by atoms with Gasteiger partial charge in [-0.15, -0.1) is 0 Å². The quantitative estimate of drug-likeness (QED) is 0.630. The van der Waals surface area contributed by atoms with Crippen molar-refractivity contribution >= 4 is 32.7 Å². The Bertz CT molecular complexity index is 1260. The number of hydrogen-bond acceptors (Lipinski definition) is 4. The zero-order valence-electron chi connectivity index (χ0n) is 17.1.